The lowest BCUT2D eigenvalue weighted by atomic mass is 10.1. The van der Waals surface area contributed by atoms with Gasteiger partial charge in [-0.2, -0.15) is 0 Å². The molecule has 2 N–H and O–H groups in total. The number of benzene rings is 1. The van der Waals surface area contributed by atoms with Crippen molar-refractivity contribution >= 4 is 11.7 Å². The molecule has 0 spiro atoms. The predicted octanol–water partition coefficient (Wildman–Crippen LogP) is 1.55. The van der Waals surface area contributed by atoms with Gasteiger partial charge in [0.05, 0.1) is 13.0 Å². The molecule has 0 aliphatic heterocycles. The molecule has 1 aliphatic carbocycles. The lowest BCUT2D eigenvalue weighted by Gasteiger charge is -2.00. The normalized spacial score (nSPS) is 24.4. The Morgan fingerprint density at radius 1 is 1.43 bits per heavy atom. The van der Waals surface area contributed by atoms with Gasteiger partial charge in [-0.15, -0.1) is 0 Å². The SMILES string of the molecule is COC(=O)[C@H]1C[C@H]1c1ccc(N)cc1. The van der Waals surface area contributed by atoms with Crippen molar-refractivity contribution in [3.8, 4) is 0 Å². The molecule has 0 heterocycles. The summed E-state index contributed by atoms with van der Waals surface area (Å²) in [6.45, 7) is 0. The quantitative estimate of drug-likeness (QED) is 0.570. The van der Waals surface area contributed by atoms with E-state index in [9.17, 15) is 4.79 Å². The van der Waals surface area contributed by atoms with Crippen LogP contribution in [-0.2, 0) is 9.53 Å². The minimum absolute atomic E-state index is 0.0589. The molecule has 1 aromatic rings. The highest BCUT2D eigenvalue weighted by molar-refractivity contribution is 5.77. The van der Waals surface area contributed by atoms with Crippen LogP contribution in [0.25, 0.3) is 0 Å². The molecule has 0 amide bonds. The average Bonchev–Trinajstić information content (AvgIpc) is 2.98. The lowest BCUT2D eigenvalue weighted by Crippen LogP contribution is -2.03. The molecule has 0 aromatic heterocycles. The summed E-state index contributed by atoms with van der Waals surface area (Å²) in [7, 11) is 1.43. The Labute approximate surface area is 82.9 Å². The molecule has 0 bridgehead atoms. The molecule has 3 nitrogen and oxygen atoms in total. The number of hydrogen-bond acceptors (Lipinski definition) is 3. The van der Waals surface area contributed by atoms with Crippen molar-refractivity contribution in [3.05, 3.63) is 29.8 Å². The van der Waals surface area contributed by atoms with E-state index in [-0.39, 0.29) is 11.9 Å². The maximum atomic E-state index is 11.2. The van der Waals surface area contributed by atoms with Gasteiger partial charge in [0.2, 0.25) is 0 Å². The largest absolute Gasteiger partial charge is 0.469 e. The van der Waals surface area contributed by atoms with Crippen molar-refractivity contribution in [2.75, 3.05) is 12.8 Å². The predicted molar refractivity (Wildman–Crippen MR) is 53.7 cm³/mol. The number of carbonyl (C=O) groups excluding carboxylic acids is 1. The summed E-state index contributed by atoms with van der Waals surface area (Å²) in [6.07, 6.45) is 0.899. The van der Waals surface area contributed by atoms with E-state index in [0.29, 0.717) is 5.92 Å². The molecule has 1 saturated carbocycles. The number of nitrogens with two attached hydrogens (primary N) is 1. The fraction of sp³-hybridized carbons (Fsp3) is 0.364. The van der Waals surface area contributed by atoms with E-state index >= 15 is 0 Å². The fourth-order valence-electron chi connectivity index (χ4n) is 1.72. The second-order valence-corrected chi connectivity index (χ2v) is 3.64. The van der Waals surface area contributed by atoms with Gasteiger partial charge < -0.3 is 10.5 Å². The molecule has 1 fully saturated rings. The first-order valence-electron chi connectivity index (χ1n) is 4.65. The smallest absolute Gasteiger partial charge is 0.309 e. The van der Waals surface area contributed by atoms with Crippen molar-refractivity contribution in [2.45, 2.75) is 12.3 Å². The van der Waals surface area contributed by atoms with Gasteiger partial charge in [-0.3, -0.25) is 4.79 Å². The molecule has 2 rings (SSSR count). The van der Waals surface area contributed by atoms with Crippen molar-refractivity contribution in [2.24, 2.45) is 5.92 Å². The van der Waals surface area contributed by atoms with Crippen molar-refractivity contribution in [3.63, 3.8) is 0 Å². The van der Waals surface area contributed by atoms with Crippen LogP contribution in [0, 0.1) is 5.92 Å². The van der Waals surface area contributed by atoms with E-state index in [1.807, 2.05) is 24.3 Å². The zero-order chi connectivity index (χ0) is 10.1. The first kappa shape index (κ1) is 9.06. The van der Waals surface area contributed by atoms with Crippen LogP contribution < -0.4 is 5.73 Å². The van der Waals surface area contributed by atoms with E-state index < -0.39 is 0 Å². The van der Waals surface area contributed by atoms with Gasteiger partial charge in [0.15, 0.2) is 0 Å². The number of anilines is 1. The number of nitrogen functional groups attached to an aromatic ring is 1. The van der Waals surface area contributed by atoms with E-state index in [0.717, 1.165) is 12.1 Å². The summed E-state index contributed by atoms with van der Waals surface area (Å²) in [5, 5.41) is 0. The van der Waals surface area contributed by atoms with Crippen LogP contribution in [0.2, 0.25) is 0 Å². The highest BCUT2D eigenvalue weighted by Gasteiger charge is 2.44. The maximum Gasteiger partial charge on any atom is 0.309 e. The highest BCUT2D eigenvalue weighted by Crippen LogP contribution is 2.48. The molecule has 1 aliphatic rings. The topological polar surface area (TPSA) is 52.3 Å². The molecule has 2 atom stereocenters. The molecular formula is C11H13NO2. The Morgan fingerprint density at radius 2 is 2.07 bits per heavy atom. The number of carbonyl (C=O) groups is 1. The van der Waals surface area contributed by atoms with E-state index in [4.69, 9.17) is 5.73 Å². The standard InChI is InChI=1S/C11H13NO2/c1-14-11(13)10-6-9(10)7-2-4-8(12)5-3-7/h2-5,9-10H,6,12H2,1H3/t9-,10-/m0/s1. The van der Waals surface area contributed by atoms with Crippen LogP contribution in [0.15, 0.2) is 24.3 Å². The van der Waals surface area contributed by atoms with Gasteiger partial charge in [-0.05, 0) is 30.0 Å². The summed E-state index contributed by atoms with van der Waals surface area (Å²) in [5.74, 6) is 0.290. The molecular weight excluding hydrogens is 178 g/mol. The van der Waals surface area contributed by atoms with Crippen molar-refractivity contribution < 1.29 is 9.53 Å². The van der Waals surface area contributed by atoms with E-state index in [1.165, 1.54) is 12.7 Å². The van der Waals surface area contributed by atoms with Crippen LogP contribution in [0.4, 0.5) is 5.69 Å². The minimum Gasteiger partial charge on any atom is -0.469 e. The van der Waals surface area contributed by atoms with E-state index in [1.54, 1.807) is 0 Å². The van der Waals surface area contributed by atoms with Crippen LogP contribution in [0.1, 0.15) is 17.9 Å². The highest BCUT2D eigenvalue weighted by atomic mass is 16.5. The molecule has 74 valence electrons. The van der Waals surface area contributed by atoms with Gasteiger partial charge in [-0.1, -0.05) is 12.1 Å². The zero-order valence-corrected chi connectivity index (χ0v) is 8.07. The monoisotopic (exact) mass is 191 g/mol. The molecule has 1 aromatic carbocycles. The molecule has 14 heavy (non-hydrogen) atoms. The second kappa shape index (κ2) is 3.33. The second-order valence-electron chi connectivity index (χ2n) is 3.64. The van der Waals surface area contributed by atoms with Gasteiger partial charge in [0.1, 0.15) is 0 Å². The number of hydrogen-bond donors (Lipinski definition) is 1. The third-order valence-electron chi connectivity index (χ3n) is 2.66. The number of ether oxygens (including phenoxy) is 1. The van der Waals surface area contributed by atoms with Gasteiger partial charge >= 0.3 is 5.97 Å². The first-order valence-corrected chi connectivity index (χ1v) is 4.65. The Morgan fingerprint density at radius 3 is 2.64 bits per heavy atom. The van der Waals surface area contributed by atoms with Gasteiger partial charge in [0, 0.05) is 5.69 Å². The molecule has 0 radical (unpaired) electrons. The Bertz CT molecular complexity index is 345. The first-order chi connectivity index (χ1) is 6.72. The third-order valence-corrected chi connectivity index (χ3v) is 2.66. The Balaban J connectivity index is 2.06. The van der Waals surface area contributed by atoms with Crippen LogP contribution in [0.3, 0.4) is 0 Å². The number of methoxy groups -OCH3 is 1. The zero-order valence-electron chi connectivity index (χ0n) is 8.07. The van der Waals surface area contributed by atoms with Gasteiger partial charge in [0.25, 0.3) is 0 Å². The molecule has 3 heteroatoms. The van der Waals surface area contributed by atoms with Crippen molar-refractivity contribution in [1.82, 2.24) is 0 Å². The fourth-order valence-corrected chi connectivity index (χ4v) is 1.72. The summed E-state index contributed by atoms with van der Waals surface area (Å²) < 4.78 is 4.69. The van der Waals surface area contributed by atoms with Crippen LogP contribution in [0.5, 0.6) is 0 Å². The molecule has 0 saturated heterocycles. The van der Waals surface area contributed by atoms with E-state index in [2.05, 4.69) is 4.74 Å². The lowest BCUT2D eigenvalue weighted by molar-refractivity contribution is -0.142. The number of esters is 1. The Hall–Kier alpha value is -1.51. The number of rotatable bonds is 2. The Kier molecular flexibility index (Phi) is 2.15. The molecule has 0 unspecified atom stereocenters. The summed E-state index contributed by atoms with van der Waals surface area (Å²) in [4.78, 5) is 11.2. The average molecular weight is 191 g/mol. The third kappa shape index (κ3) is 1.58. The van der Waals surface area contributed by atoms with Crippen molar-refractivity contribution in [1.29, 1.82) is 0 Å². The van der Waals surface area contributed by atoms with Crippen LogP contribution >= 0.6 is 0 Å². The van der Waals surface area contributed by atoms with Crippen LogP contribution in [-0.4, -0.2) is 13.1 Å². The summed E-state index contributed by atoms with van der Waals surface area (Å²) in [5.41, 5.74) is 7.51. The minimum atomic E-state index is -0.105. The summed E-state index contributed by atoms with van der Waals surface area (Å²) in [6, 6.07) is 7.68. The summed E-state index contributed by atoms with van der Waals surface area (Å²) >= 11 is 0. The maximum absolute atomic E-state index is 11.2. The van der Waals surface area contributed by atoms with Gasteiger partial charge in [-0.25, -0.2) is 0 Å².